The van der Waals surface area contributed by atoms with Gasteiger partial charge in [-0.25, -0.2) is 9.37 Å². The fourth-order valence-corrected chi connectivity index (χ4v) is 8.52. The number of nitrogens with one attached hydrogen (secondary N) is 3. The molecule has 3 aliphatic rings. The number of nitrogens with zero attached hydrogens (tertiary/aromatic N) is 4. The lowest BCUT2D eigenvalue weighted by molar-refractivity contribution is -0.133. The van der Waals surface area contributed by atoms with Gasteiger partial charge >= 0.3 is 0 Å². The number of H-pyrrole nitrogens is 1. The Morgan fingerprint density at radius 3 is 2.66 bits per heavy atom. The topological polar surface area (TPSA) is 147 Å². The number of imidazole rings is 1. The first-order valence-electron chi connectivity index (χ1n) is 21.3. The Morgan fingerprint density at radius 1 is 1.07 bits per heavy atom. The van der Waals surface area contributed by atoms with Crippen molar-refractivity contribution in [2.24, 2.45) is 5.73 Å². The number of aromatic amines is 1. The Kier molecular flexibility index (Phi) is 11.9. The molecule has 0 aliphatic carbocycles. The van der Waals surface area contributed by atoms with Gasteiger partial charge in [-0.2, -0.15) is 5.06 Å². The van der Waals surface area contributed by atoms with E-state index in [1.54, 1.807) is 17.4 Å². The van der Waals surface area contributed by atoms with E-state index in [2.05, 4.69) is 63.4 Å². The van der Waals surface area contributed by atoms with E-state index in [9.17, 15) is 10.0 Å². The maximum atomic E-state index is 16.6. The summed E-state index contributed by atoms with van der Waals surface area (Å²) in [7, 11) is 0. The molecule has 4 atom stereocenters. The summed E-state index contributed by atoms with van der Waals surface area (Å²) in [5.41, 5.74) is 16.6. The average Bonchev–Trinajstić information content (AvgIpc) is 3.54. The van der Waals surface area contributed by atoms with Gasteiger partial charge in [0.25, 0.3) is 5.91 Å². The van der Waals surface area contributed by atoms with E-state index in [4.69, 9.17) is 10.5 Å². The molecule has 2 aromatic heterocycles. The number of unbranched alkanes of at least 4 members (excludes halogenated alkanes) is 6. The van der Waals surface area contributed by atoms with Crippen molar-refractivity contribution in [1.29, 1.82) is 0 Å². The number of aryl methyl sites for hydroxylation is 1. The number of fused-ring (bicyclic) bond motifs is 5. The molecular weight excluding hydrogens is 732 g/mol. The second kappa shape index (κ2) is 17.4. The molecule has 5 heterocycles. The van der Waals surface area contributed by atoms with E-state index in [0.717, 1.165) is 67.0 Å². The second-order valence-electron chi connectivity index (χ2n) is 16.2. The van der Waals surface area contributed by atoms with Crippen LogP contribution < -0.4 is 21.2 Å². The number of amides is 1. The van der Waals surface area contributed by atoms with E-state index >= 15 is 4.39 Å². The van der Waals surface area contributed by atoms with Crippen LogP contribution in [0.4, 0.5) is 4.39 Å². The highest BCUT2D eigenvalue weighted by atomic mass is 19.1. The number of nitrogens with two attached hydrogens (primary N) is 1. The fourth-order valence-electron chi connectivity index (χ4n) is 8.52. The highest BCUT2D eigenvalue weighted by Crippen LogP contribution is 2.47. The minimum Gasteiger partial charge on any atom is -0.465 e. The number of hydrogen-bond donors (Lipinski definition) is 5. The van der Waals surface area contributed by atoms with Crippen LogP contribution in [-0.2, 0) is 11.2 Å². The Morgan fingerprint density at radius 2 is 1.88 bits per heavy atom. The molecule has 12 heteroatoms. The molecule has 0 saturated carbocycles. The van der Waals surface area contributed by atoms with Crippen LogP contribution in [0.5, 0.6) is 5.75 Å². The molecule has 3 aromatic carbocycles. The summed E-state index contributed by atoms with van der Waals surface area (Å²) in [6.07, 6.45) is 14.5. The summed E-state index contributed by atoms with van der Waals surface area (Å²) >= 11 is 0. The third-order valence-corrected chi connectivity index (χ3v) is 11.9. The van der Waals surface area contributed by atoms with Gasteiger partial charge in [0.15, 0.2) is 0 Å². The number of aromatic nitrogens is 3. The van der Waals surface area contributed by atoms with Crippen molar-refractivity contribution in [2.45, 2.75) is 116 Å². The molecule has 3 aliphatic heterocycles. The SMILES string of the molecule is CCCCCCCc1cccc(C2Oc3cc(-c4cnc(C5CCCN5O)[nH]4)cc(F)c3-c3cc4cc(/C(N)=C/NN(CCCCC)C(=O)C5NC5C)ccc4n32)c1. The number of hydrazine groups is 1. The first-order valence-corrected chi connectivity index (χ1v) is 21.3. The molecule has 8 rings (SSSR count). The van der Waals surface area contributed by atoms with Gasteiger partial charge in [0, 0.05) is 41.8 Å². The van der Waals surface area contributed by atoms with Crippen LogP contribution in [0, 0.1) is 5.82 Å². The predicted octanol–water partition coefficient (Wildman–Crippen LogP) is 8.96. The van der Waals surface area contributed by atoms with Gasteiger partial charge in [-0.15, -0.1) is 0 Å². The van der Waals surface area contributed by atoms with Crippen LogP contribution in [0.2, 0.25) is 0 Å². The Labute approximate surface area is 340 Å². The maximum absolute atomic E-state index is 16.6. The van der Waals surface area contributed by atoms with Crippen LogP contribution in [0.3, 0.4) is 0 Å². The van der Waals surface area contributed by atoms with E-state index in [-0.39, 0.29) is 24.0 Å². The third kappa shape index (κ3) is 8.23. The van der Waals surface area contributed by atoms with E-state index in [1.165, 1.54) is 42.4 Å². The number of ether oxygens (including phenoxy) is 1. The number of carbonyl (C=O) groups is 1. The zero-order valence-electron chi connectivity index (χ0n) is 33.9. The molecular formula is C46H57FN8O3. The predicted molar refractivity (Wildman–Crippen MR) is 226 cm³/mol. The van der Waals surface area contributed by atoms with Crippen molar-refractivity contribution in [3.05, 3.63) is 101 Å². The molecule has 0 radical (unpaired) electrons. The first kappa shape index (κ1) is 39.6. The number of rotatable bonds is 17. The summed E-state index contributed by atoms with van der Waals surface area (Å²) in [6, 6.07) is 19.7. The summed E-state index contributed by atoms with van der Waals surface area (Å²) in [5, 5.41) is 17.4. The lowest BCUT2D eigenvalue weighted by Gasteiger charge is -2.31. The molecule has 4 unspecified atom stereocenters. The number of hydroxylamine groups is 2. The number of halogens is 1. The molecule has 2 saturated heterocycles. The molecule has 1 amide bonds. The van der Waals surface area contributed by atoms with Crippen molar-refractivity contribution >= 4 is 22.5 Å². The smallest absolute Gasteiger partial charge is 0.259 e. The molecule has 306 valence electrons. The zero-order chi connectivity index (χ0) is 40.3. The average molecular weight is 789 g/mol. The maximum Gasteiger partial charge on any atom is 0.259 e. The van der Waals surface area contributed by atoms with Crippen molar-refractivity contribution in [1.82, 2.24) is 35.3 Å². The fraction of sp³-hybridized carbons (Fsp3) is 0.435. The third-order valence-electron chi connectivity index (χ3n) is 11.9. The first-order chi connectivity index (χ1) is 28.2. The summed E-state index contributed by atoms with van der Waals surface area (Å²) in [6.45, 7) is 7.56. The highest BCUT2D eigenvalue weighted by molar-refractivity contribution is 5.92. The Hall–Kier alpha value is -5.17. The lowest BCUT2D eigenvalue weighted by atomic mass is 10.0. The molecule has 6 N–H and O–H groups in total. The quantitative estimate of drug-likeness (QED) is 0.0357. The number of benzene rings is 3. The number of hydrogen-bond acceptors (Lipinski definition) is 8. The zero-order valence-corrected chi connectivity index (χ0v) is 33.9. The number of carbonyl (C=O) groups excluding carboxylic acids is 1. The van der Waals surface area contributed by atoms with Gasteiger partial charge in [0.2, 0.25) is 6.23 Å². The molecule has 11 nitrogen and oxygen atoms in total. The van der Waals surface area contributed by atoms with Gasteiger partial charge in [0.05, 0.1) is 40.4 Å². The molecule has 58 heavy (non-hydrogen) atoms. The van der Waals surface area contributed by atoms with Crippen molar-refractivity contribution in [2.75, 3.05) is 13.1 Å². The Bertz CT molecular complexity index is 2280. The lowest BCUT2D eigenvalue weighted by Crippen LogP contribution is -2.44. The van der Waals surface area contributed by atoms with Crippen LogP contribution in [0.15, 0.2) is 73.1 Å². The van der Waals surface area contributed by atoms with E-state index < -0.39 is 12.0 Å². The van der Waals surface area contributed by atoms with E-state index in [0.29, 0.717) is 52.9 Å². The van der Waals surface area contributed by atoms with Crippen molar-refractivity contribution in [3.8, 4) is 28.3 Å². The summed E-state index contributed by atoms with van der Waals surface area (Å²) in [5.74, 6) is 0.699. The van der Waals surface area contributed by atoms with E-state index in [1.807, 2.05) is 37.3 Å². The standard InChI is InChI=1S/C46H57FN8O3/c1-4-6-8-9-10-14-30-15-12-16-32(22-30)46-55-38-19-18-31(36(48)27-50-53(20-11-7-5-2)45(56)43-29(3)51-43)23-34(38)25-40(55)42-35(47)24-33(26-41(42)58-46)37-28-49-44(52-37)39-17-13-21-54(39)57/h12,15-16,18-19,22-29,39,43,46,50-51,57H,4-11,13-14,17,20-21,48H2,1-3H3,(H,49,52)/b36-27-. The normalized spacial score (nSPS) is 20.2. The highest BCUT2D eigenvalue weighted by Gasteiger charge is 2.41. The van der Waals surface area contributed by atoms with Crippen LogP contribution >= 0.6 is 0 Å². The monoisotopic (exact) mass is 788 g/mol. The molecule has 0 bridgehead atoms. The summed E-state index contributed by atoms with van der Waals surface area (Å²) < 4.78 is 25.6. The molecule has 0 spiro atoms. The van der Waals surface area contributed by atoms with Gasteiger partial charge in [-0.1, -0.05) is 82.7 Å². The van der Waals surface area contributed by atoms with Crippen LogP contribution in [0.25, 0.3) is 39.1 Å². The second-order valence-corrected chi connectivity index (χ2v) is 16.2. The minimum atomic E-state index is -0.560. The van der Waals surface area contributed by atoms with Crippen LogP contribution in [-0.4, -0.2) is 60.9 Å². The van der Waals surface area contributed by atoms with Gasteiger partial charge in [-0.05, 0) is 80.5 Å². The van der Waals surface area contributed by atoms with Crippen molar-refractivity contribution in [3.63, 3.8) is 0 Å². The van der Waals surface area contributed by atoms with Crippen molar-refractivity contribution < 1.29 is 19.1 Å². The van der Waals surface area contributed by atoms with Gasteiger partial charge in [0.1, 0.15) is 23.4 Å². The molecule has 5 aromatic rings. The largest absolute Gasteiger partial charge is 0.465 e. The Balaban J connectivity index is 1.14. The van der Waals surface area contributed by atoms with Gasteiger partial charge < -0.3 is 30.7 Å². The van der Waals surface area contributed by atoms with Gasteiger partial charge in [-0.3, -0.25) is 15.1 Å². The summed E-state index contributed by atoms with van der Waals surface area (Å²) in [4.78, 5) is 21.1. The van der Waals surface area contributed by atoms with Crippen LogP contribution in [0.1, 0.15) is 120 Å². The minimum absolute atomic E-state index is 0.0113. The molecule has 2 fully saturated rings.